The largest absolute Gasteiger partial charge is 0.343 e. The number of carbonyl (C=O) groups is 1. The molecular weight excluding hydrogens is 344 g/mol. The molecule has 4 rings (SSSR count). The van der Waals surface area contributed by atoms with E-state index in [1.165, 1.54) is 22.1 Å². The van der Waals surface area contributed by atoms with Gasteiger partial charge >= 0.3 is 0 Å². The summed E-state index contributed by atoms with van der Waals surface area (Å²) in [5.74, 6) is 1.46. The van der Waals surface area contributed by atoms with Gasteiger partial charge in [-0.1, -0.05) is 56.3 Å². The molecule has 1 atom stereocenters. The highest BCUT2D eigenvalue weighted by atomic mass is 16.2. The van der Waals surface area contributed by atoms with E-state index in [1.54, 1.807) is 0 Å². The number of fused-ring (bicyclic) bond motifs is 1. The molecule has 0 N–H and O–H groups in total. The number of carbonyl (C=O) groups excluding carboxylic acids is 1. The van der Waals surface area contributed by atoms with Crippen molar-refractivity contribution in [1.82, 2.24) is 9.88 Å². The summed E-state index contributed by atoms with van der Waals surface area (Å²) >= 11 is 0. The summed E-state index contributed by atoms with van der Waals surface area (Å²) in [6.07, 6.45) is 4.66. The maximum Gasteiger partial charge on any atom is 0.222 e. The van der Waals surface area contributed by atoms with Gasteiger partial charge in [-0.2, -0.15) is 0 Å². The highest BCUT2D eigenvalue weighted by molar-refractivity contribution is 5.84. The zero-order valence-electron chi connectivity index (χ0n) is 16.8. The lowest BCUT2D eigenvalue weighted by atomic mass is 9.81. The number of rotatable bonds is 4. The fraction of sp³-hybridized carbons (Fsp3) is 0.360. The van der Waals surface area contributed by atoms with Crippen LogP contribution in [-0.2, 0) is 4.79 Å². The first kappa shape index (κ1) is 18.7. The van der Waals surface area contributed by atoms with Crippen molar-refractivity contribution < 1.29 is 4.79 Å². The summed E-state index contributed by atoms with van der Waals surface area (Å²) in [4.78, 5) is 18.4. The van der Waals surface area contributed by atoms with Crippen LogP contribution in [-0.4, -0.2) is 28.9 Å². The molecule has 1 aliphatic rings. The van der Waals surface area contributed by atoms with Crippen molar-refractivity contribution in [3.63, 3.8) is 0 Å². The van der Waals surface area contributed by atoms with E-state index >= 15 is 0 Å². The zero-order chi connectivity index (χ0) is 19.5. The first-order chi connectivity index (χ1) is 13.7. The molecule has 1 amide bonds. The monoisotopic (exact) mass is 372 g/mol. The minimum absolute atomic E-state index is 0.292. The second kappa shape index (κ2) is 8.14. The van der Waals surface area contributed by atoms with Gasteiger partial charge in [0, 0.05) is 31.1 Å². The van der Waals surface area contributed by atoms with Crippen molar-refractivity contribution in [2.45, 2.75) is 39.0 Å². The molecule has 1 fully saturated rings. The molecule has 1 saturated heterocycles. The Morgan fingerprint density at radius 3 is 2.50 bits per heavy atom. The van der Waals surface area contributed by atoms with Crippen LogP contribution in [0.2, 0.25) is 0 Å². The summed E-state index contributed by atoms with van der Waals surface area (Å²) in [6.45, 7) is 6.09. The average molecular weight is 373 g/mol. The summed E-state index contributed by atoms with van der Waals surface area (Å²) in [5.41, 5.74) is 4.86. The highest BCUT2D eigenvalue weighted by Gasteiger charge is 2.26. The van der Waals surface area contributed by atoms with E-state index in [-0.39, 0.29) is 0 Å². The van der Waals surface area contributed by atoms with Crippen LogP contribution in [0.1, 0.15) is 44.6 Å². The van der Waals surface area contributed by atoms with Gasteiger partial charge in [-0.15, -0.1) is 0 Å². The molecule has 2 heterocycles. The Bertz CT molecular complexity index is 956. The van der Waals surface area contributed by atoms with Crippen molar-refractivity contribution in [1.29, 1.82) is 0 Å². The molecule has 0 aliphatic carbocycles. The molecule has 3 aromatic rings. The van der Waals surface area contributed by atoms with Crippen molar-refractivity contribution >= 4 is 16.8 Å². The molecule has 28 heavy (non-hydrogen) atoms. The van der Waals surface area contributed by atoms with E-state index in [4.69, 9.17) is 0 Å². The Labute approximate surface area is 167 Å². The van der Waals surface area contributed by atoms with E-state index in [1.807, 2.05) is 24.1 Å². The number of benzene rings is 2. The number of likely N-dealkylation sites (tertiary alicyclic amines) is 1. The van der Waals surface area contributed by atoms with E-state index < -0.39 is 0 Å². The first-order valence-electron chi connectivity index (χ1n) is 10.4. The molecule has 3 heteroatoms. The molecular formula is C25H28N2O. The number of aromatic nitrogens is 1. The molecule has 3 nitrogen and oxygen atoms in total. The number of pyridine rings is 1. The lowest BCUT2D eigenvalue weighted by Gasteiger charge is -2.35. The Hall–Kier alpha value is -2.68. The van der Waals surface area contributed by atoms with Gasteiger partial charge in [0.15, 0.2) is 0 Å². The number of hydrogen-bond donors (Lipinski definition) is 0. The number of hydrogen-bond acceptors (Lipinski definition) is 2. The third-order valence-corrected chi connectivity index (χ3v) is 6.28. The van der Waals surface area contributed by atoms with E-state index in [9.17, 15) is 4.79 Å². The summed E-state index contributed by atoms with van der Waals surface area (Å²) in [5, 5.41) is 1.17. The lowest BCUT2D eigenvalue weighted by Crippen LogP contribution is -2.39. The Kier molecular flexibility index (Phi) is 5.43. The fourth-order valence-electron chi connectivity index (χ4n) is 4.37. The molecule has 2 aromatic carbocycles. The molecule has 0 saturated carbocycles. The van der Waals surface area contributed by atoms with Crippen molar-refractivity contribution in [2.75, 3.05) is 13.1 Å². The topological polar surface area (TPSA) is 33.2 Å². The predicted molar refractivity (Wildman–Crippen MR) is 115 cm³/mol. The maximum absolute atomic E-state index is 11.9. The van der Waals surface area contributed by atoms with Crippen molar-refractivity contribution in [3.05, 3.63) is 66.4 Å². The SMILES string of the molecule is CCC(=O)N1CCC(C(C)c2ccc(-c3ccc4cccnc4c3)cc2)CC1. The molecule has 1 aromatic heterocycles. The predicted octanol–water partition coefficient (Wildman–Crippen LogP) is 5.65. The van der Waals surface area contributed by atoms with Gasteiger partial charge in [0.2, 0.25) is 5.91 Å². The molecule has 0 bridgehead atoms. The summed E-state index contributed by atoms with van der Waals surface area (Å²) in [6, 6.07) is 19.5. The van der Waals surface area contributed by atoms with Crippen LogP contribution >= 0.6 is 0 Å². The normalized spacial score (nSPS) is 16.3. The van der Waals surface area contributed by atoms with Gasteiger partial charge in [0.05, 0.1) is 5.52 Å². The Balaban J connectivity index is 1.46. The molecule has 0 radical (unpaired) electrons. The van der Waals surface area contributed by atoms with Crippen LogP contribution in [0.4, 0.5) is 0 Å². The van der Waals surface area contributed by atoms with E-state index in [0.29, 0.717) is 24.2 Å². The summed E-state index contributed by atoms with van der Waals surface area (Å²) in [7, 11) is 0. The van der Waals surface area contributed by atoms with Gasteiger partial charge in [0.25, 0.3) is 0 Å². The quantitative estimate of drug-likeness (QED) is 0.592. The molecule has 1 unspecified atom stereocenters. The van der Waals surface area contributed by atoms with E-state index in [2.05, 4.69) is 60.4 Å². The van der Waals surface area contributed by atoms with Gasteiger partial charge in [0.1, 0.15) is 0 Å². The second-order valence-electron chi connectivity index (χ2n) is 7.89. The van der Waals surface area contributed by atoms with Crippen LogP contribution in [0.3, 0.4) is 0 Å². The standard InChI is InChI=1S/C25H28N2O/c1-3-25(28)27-15-12-20(13-16-27)18(2)19-6-8-21(9-7-19)23-11-10-22-5-4-14-26-24(22)17-23/h4-11,14,17-18,20H,3,12-13,15-16H2,1-2H3. The third kappa shape index (κ3) is 3.80. The van der Waals surface area contributed by atoms with Gasteiger partial charge in [-0.05, 0) is 53.5 Å². The van der Waals surface area contributed by atoms with Gasteiger partial charge in [-0.3, -0.25) is 9.78 Å². The summed E-state index contributed by atoms with van der Waals surface area (Å²) < 4.78 is 0. The third-order valence-electron chi connectivity index (χ3n) is 6.28. The number of amides is 1. The van der Waals surface area contributed by atoms with Crippen molar-refractivity contribution in [2.24, 2.45) is 5.92 Å². The smallest absolute Gasteiger partial charge is 0.222 e. The molecule has 144 valence electrons. The molecule has 0 spiro atoms. The Morgan fingerprint density at radius 2 is 1.79 bits per heavy atom. The highest BCUT2D eigenvalue weighted by Crippen LogP contribution is 2.33. The van der Waals surface area contributed by atoms with Gasteiger partial charge < -0.3 is 4.90 Å². The van der Waals surface area contributed by atoms with Crippen LogP contribution in [0.25, 0.3) is 22.0 Å². The number of piperidine rings is 1. The van der Waals surface area contributed by atoms with Crippen LogP contribution < -0.4 is 0 Å². The second-order valence-corrected chi connectivity index (χ2v) is 7.89. The molecule has 1 aliphatic heterocycles. The minimum Gasteiger partial charge on any atom is -0.343 e. The minimum atomic E-state index is 0.292. The first-order valence-corrected chi connectivity index (χ1v) is 10.4. The number of nitrogens with zero attached hydrogens (tertiary/aromatic N) is 2. The van der Waals surface area contributed by atoms with Crippen molar-refractivity contribution in [3.8, 4) is 11.1 Å². The zero-order valence-corrected chi connectivity index (χ0v) is 16.8. The van der Waals surface area contributed by atoms with Crippen LogP contribution in [0.5, 0.6) is 0 Å². The maximum atomic E-state index is 11.9. The van der Waals surface area contributed by atoms with Crippen LogP contribution in [0, 0.1) is 5.92 Å². The average Bonchev–Trinajstić information content (AvgIpc) is 2.78. The Morgan fingerprint density at radius 1 is 1.07 bits per heavy atom. The van der Waals surface area contributed by atoms with Crippen LogP contribution in [0.15, 0.2) is 60.8 Å². The lowest BCUT2D eigenvalue weighted by molar-refractivity contribution is -0.132. The fourth-order valence-corrected chi connectivity index (χ4v) is 4.37. The van der Waals surface area contributed by atoms with E-state index in [0.717, 1.165) is 31.4 Å². The van der Waals surface area contributed by atoms with Gasteiger partial charge in [-0.25, -0.2) is 0 Å².